The molecule has 1 aliphatic carbocycles. The van der Waals surface area contributed by atoms with E-state index in [1.165, 1.54) is 18.4 Å². The Morgan fingerprint density at radius 1 is 1.18 bits per heavy atom. The fraction of sp³-hybridized carbons (Fsp3) is 0.364. The molecule has 0 heteroatoms. The lowest BCUT2D eigenvalue weighted by molar-refractivity contribution is 0.876. The second kappa shape index (κ2) is 2.69. The summed E-state index contributed by atoms with van der Waals surface area (Å²) in [5.74, 6) is 2.48. The molecule has 0 amide bonds. The third-order valence-corrected chi connectivity index (χ3v) is 2.42. The second-order valence-electron chi connectivity index (χ2n) is 3.32. The fourth-order valence-electron chi connectivity index (χ4n) is 1.45. The SMILES string of the molecule is C[C](c1ccccc1)C1CC1. The van der Waals surface area contributed by atoms with Crippen molar-refractivity contribution in [2.45, 2.75) is 19.8 Å². The zero-order chi connectivity index (χ0) is 7.68. The molecule has 0 spiro atoms. The van der Waals surface area contributed by atoms with Crippen molar-refractivity contribution in [3.8, 4) is 0 Å². The molecule has 11 heavy (non-hydrogen) atoms. The Hall–Kier alpha value is -0.780. The molecule has 0 aliphatic heterocycles. The van der Waals surface area contributed by atoms with Gasteiger partial charge in [-0.1, -0.05) is 37.3 Å². The Labute approximate surface area is 68.3 Å². The first-order valence-corrected chi connectivity index (χ1v) is 4.27. The fourth-order valence-corrected chi connectivity index (χ4v) is 1.45. The lowest BCUT2D eigenvalue weighted by Gasteiger charge is -2.07. The topological polar surface area (TPSA) is 0 Å². The summed E-state index contributed by atoms with van der Waals surface area (Å²) in [6.07, 6.45) is 2.81. The van der Waals surface area contributed by atoms with Gasteiger partial charge in [0.25, 0.3) is 0 Å². The van der Waals surface area contributed by atoms with Gasteiger partial charge in [0.2, 0.25) is 0 Å². The van der Waals surface area contributed by atoms with E-state index in [1.807, 2.05) is 0 Å². The minimum atomic E-state index is 0.900. The van der Waals surface area contributed by atoms with Gasteiger partial charge < -0.3 is 0 Å². The summed E-state index contributed by atoms with van der Waals surface area (Å²) in [7, 11) is 0. The molecule has 1 saturated carbocycles. The highest BCUT2D eigenvalue weighted by molar-refractivity contribution is 5.32. The Balaban J connectivity index is 2.15. The Morgan fingerprint density at radius 3 is 2.36 bits per heavy atom. The van der Waals surface area contributed by atoms with Crippen LogP contribution in [-0.2, 0) is 0 Å². The summed E-state index contributed by atoms with van der Waals surface area (Å²) < 4.78 is 0. The van der Waals surface area contributed by atoms with E-state index in [0.717, 1.165) is 5.92 Å². The van der Waals surface area contributed by atoms with E-state index in [2.05, 4.69) is 37.3 Å². The lowest BCUT2D eigenvalue weighted by Crippen LogP contribution is -1.95. The lowest BCUT2D eigenvalue weighted by atomic mass is 9.97. The largest absolute Gasteiger partial charge is 0.0622 e. The molecule has 0 atom stereocenters. The van der Waals surface area contributed by atoms with Crippen molar-refractivity contribution in [3.63, 3.8) is 0 Å². The summed E-state index contributed by atoms with van der Waals surface area (Å²) in [4.78, 5) is 0. The van der Waals surface area contributed by atoms with Gasteiger partial charge in [-0.15, -0.1) is 0 Å². The van der Waals surface area contributed by atoms with Crippen LogP contribution in [0.1, 0.15) is 25.3 Å². The van der Waals surface area contributed by atoms with Crippen LogP contribution in [0.4, 0.5) is 0 Å². The molecule has 0 unspecified atom stereocenters. The van der Waals surface area contributed by atoms with Gasteiger partial charge in [-0.3, -0.25) is 0 Å². The van der Waals surface area contributed by atoms with E-state index in [9.17, 15) is 0 Å². The smallest absolute Gasteiger partial charge is 0.00497 e. The quantitative estimate of drug-likeness (QED) is 0.600. The van der Waals surface area contributed by atoms with Gasteiger partial charge in [-0.05, 0) is 24.3 Å². The van der Waals surface area contributed by atoms with E-state index in [0.29, 0.717) is 0 Å². The van der Waals surface area contributed by atoms with Crippen LogP contribution in [0, 0.1) is 11.8 Å². The molecular weight excluding hydrogens is 132 g/mol. The number of hydrogen-bond donors (Lipinski definition) is 0. The van der Waals surface area contributed by atoms with E-state index >= 15 is 0 Å². The first kappa shape index (κ1) is 6.90. The molecule has 0 bridgehead atoms. The summed E-state index contributed by atoms with van der Waals surface area (Å²) in [5, 5.41) is 0. The molecule has 1 aliphatic rings. The normalized spacial score (nSPS) is 17.3. The third kappa shape index (κ3) is 1.45. The van der Waals surface area contributed by atoms with E-state index < -0.39 is 0 Å². The summed E-state index contributed by atoms with van der Waals surface area (Å²) >= 11 is 0. The van der Waals surface area contributed by atoms with Crippen LogP contribution in [0.5, 0.6) is 0 Å². The number of hydrogen-bond acceptors (Lipinski definition) is 0. The van der Waals surface area contributed by atoms with Gasteiger partial charge in [0.1, 0.15) is 0 Å². The molecular formula is C11H13. The zero-order valence-corrected chi connectivity index (χ0v) is 6.88. The zero-order valence-electron chi connectivity index (χ0n) is 6.88. The maximum Gasteiger partial charge on any atom is 0.00497 e. The first-order valence-electron chi connectivity index (χ1n) is 4.27. The summed E-state index contributed by atoms with van der Waals surface area (Å²) in [6, 6.07) is 10.7. The number of benzene rings is 1. The molecule has 0 saturated heterocycles. The minimum Gasteiger partial charge on any atom is -0.0622 e. The van der Waals surface area contributed by atoms with Crippen molar-refractivity contribution in [3.05, 3.63) is 41.8 Å². The average molecular weight is 145 g/mol. The van der Waals surface area contributed by atoms with Gasteiger partial charge in [-0.25, -0.2) is 0 Å². The van der Waals surface area contributed by atoms with Crippen molar-refractivity contribution in [2.75, 3.05) is 0 Å². The van der Waals surface area contributed by atoms with E-state index in [4.69, 9.17) is 0 Å². The van der Waals surface area contributed by atoms with Crippen LogP contribution < -0.4 is 0 Å². The van der Waals surface area contributed by atoms with Gasteiger partial charge in [0, 0.05) is 5.92 Å². The summed E-state index contributed by atoms with van der Waals surface area (Å²) in [6.45, 7) is 2.26. The molecule has 0 aromatic heterocycles. The standard InChI is InChI=1S/C11H13/c1-9(11-7-8-11)10-5-3-2-4-6-10/h2-6,11H,7-8H2,1H3. The highest BCUT2D eigenvalue weighted by Crippen LogP contribution is 2.41. The first-order chi connectivity index (χ1) is 5.38. The molecule has 1 fully saturated rings. The molecule has 1 aromatic carbocycles. The number of rotatable bonds is 2. The van der Waals surface area contributed by atoms with Crippen molar-refractivity contribution >= 4 is 0 Å². The van der Waals surface area contributed by atoms with Gasteiger partial charge in [0.05, 0.1) is 0 Å². The van der Waals surface area contributed by atoms with Crippen LogP contribution >= 0.6 is 0 Å². The Kier molecular flexibility index (Phi) is 1.69. The van der Waals surface area contributed by atoms with Crippen molar-refractivity contribution in [1.29, 1.82) is 0 Å². The van der Waals surface area contributed by atoms with Crippen LogP contribution in [0.3, 0.4) is 0 Å². The summed E-state index contributed by atoms with van der Waals surface area (Å²) in [5.41, 5.74) is 1.43. The van der Waals surface area contributed by atoms with Crippen LogP contribution in [-0.4, -0.2) is 0 Å². The maximum absolute atomic E-state index is 2.26. The predicted molar refractivity (Wildman–Crippen MR) is 47.2 cm³/mol. The van der Waals surface area contributed by atoms with Crippen molar-refractivity contribution in [1.82, 2.24) is 0 Å². The maximum atomic E-state index is 2.26. The van der Waals surface area contributed by atoms with Crippen LogP contribution in [0.15, 0.2) is 30.3 Å². The van der Waals surface area contributed by atoms with Gasteiger partial charge in [0.15, 0.2) is 0 Å². The van der Waals surface area contributed by atoms with E-state index in [1.54, 1.807) is 5.92 Å². The second-order valence-corrected chi connectivity index (χ2v) is 3.32. The highest BCUT2D eigenvalue weighted by atomic mass is 14.3. The van der Waals surface area contributed by atoms with Gasteiger partial charge >= 0.3 is 0 Å². The Bertz CT molecular complexity index is 221. The van der Waals surface area contributed by atoms with Crippen LogP contribution in [0.2, 0.25) is 0 Å². The Morgan fingerprint density at radius 2 is 1.82 bits per heavy atom. The molecule has 0 N–H and O–H groups in total. The van der Waals surface area contributed by atoms with Crippen LogP contribution in [0.25, 0.3) is 0 Å². The average Bonchev–Trinajstić information content (AvgIpc) is 2.87. The predicted octanol–water partition coefficient (Wildman–Crippen LogP) is 3.04. The molecule has 0 nitrogen and oxygen atoms in total. The van der Waals surface area contributed by atoms with Crippen molar-refractivity contribution in [2.24, 2.45) is 5.92 Å². The molecule has 1 radical (unpaired) electrons. The monoisotopic (exact) mass is 145 g/mol. The third-order valence-electron chi connectivity index (χ3n) is 2.42. The molecule has 0 heterocycles. The van der Waals surface area contributed by atoms with Crippen molar-refractivity contribution < 1.29 is 0 Å². The molecule has 57 valence electrons. The molecule has 1 aromatic rings. The molecule has 2 rings (SSSR count). The van der Waals surface area contributed by atoms with E-state index in [-0.39, 0.29) is 0 Å². The van der Waals surface area contributed by atoms with Gasteiger partial charge in [-0.2, -0.15) is 0 Å². The highest BCUT2D eigenvalue weighted by Gasteiger charge is 2.28. The minimum absolute atomic E-state index is 0.900.